The topological polar surface area (TPSA) is 68.8 Å². The Bertz CT molecular complexity index is 1460. The first-order chi connectivity index (χ1) is 16.1. The number of fused-ring (bicyclic) bond motifs is 2. The van der Waals surface area contributed by atoms with Crippen molar-refractivity contribution in [3.63, 3.8) is 0 Å². The molecule has 1 fully saturated rings. The van der Waals surface area contributed by atoms with Crippen LogP contribution in [0.15, 0.2) is 30.3 Å². The largest absolute Gasteiger partial charge is 0.405 e. The Hall–Kier alpha value is -3.38. The van der Waals surface area contributed by atoms with E-state index in [1.54, 1.807) is 12.1 Å². The van der Waals surface area contributed by atoms with Crippen LogP contribution in [-0.4, -0.2) is 28.6 Å². The smallest absolute Gasteiger partial charge is 0.325 e. The van der Waals surface area contributed by atoms with Crippen molar-refractivity contribution >= 4 is 40.3 Å². The summed E-state index contributed by atoms with van der Waals surface area (Å²) in [6, 6.07) is 7.59. The van der Waals surface area contributed by atoms with Gasteiger partial charge in [-0.15, -0.1) is 0 Å². The van der Waals surface area contributed by atoms with E-state index >= 15 is 0 Å². The molecule has 0 atom stereocenters. The van der Waals surface area contributed by atoms with E-state index in [2.05, 4.69) is 16.8 Å². The van der Waals surface area contributed by atoms with Gasteiger partial charge in [-0.2, -0.15) is 18.2 Å². The van der Waals surface area contributed by atoms with Crippen LogP contribution in [-0.2, 0) is 6.42 Å². The number of alkyl halides is 3. The Morgan fingerprint density at radius 3 is 2.65 bits per heavy atom. The van der Waals surface area contributed by atoms with Crippen molar-refractivity contribution in [1.29, 1.82) is 10.8 Å². The average molecular weight is 488 g/mol. The fourth-order valence-electron chi connectivity index (χ4n) is 4.39. The lowest BCUT2D eigenvalue weighted by atomic mass is 9.95. The number of hydrogen-bond acceptors (Lipinski definition) is 4. The number of hydrogen-bond donors (Lipinski definition) is 2. The Labute approximate surface area is 197 Å². The van der Waals surface area contributed by atoms with Gasteiger partial charge in [-0.3, -0.25) is 15.4 Å². The second-order valence-electron chi connectivity index (χ2n) is 8.43. The van der Waals surface area contributed by atoms with Crippen molar-refractivity contribution in [2.75, 3.05) is 11.4 Å². The van der Waals surface area contributed by atoms with Crippen molar-refractivity contribution in [2.45, 2.75) is 31.9 Å². The summed E-state index contributed by atoms with van der Waals surface area (Å²) in [5.74, 6) is 4.94. The molecule has 10 heteroatoms. The number of nitrogens with one attached hydrogen (secondary N) is 2. The number of nitrogens with zero attached hydrogens (tertiary/aromatic N) is 3. The SMILES string of the molecule is N=Cn1c(=N)nc(N2CCCc3c(C#CC4(C(F)(F)F)CC4)cccc32)c2cc(F)cc(Cl)c21. The van der Waals surface area contributed by atoms with E-state index in [4.69, 9.17) is 22.4 Å². The lowest BCUT2D eigenvalue weighted by Crippen LogP contribution is -2.31. The number of aromatic nitrogens is 2. The monoisotopic (exact) mass is 487 g/mol. The highest BCUT2D eigenvalue weighted by atomic mass is 35.5. The average Bonchev–Trinajstić information content (AvgIpc) is 3.58. The van der Waals surface area contributed by atoms with Crippen molar-refractivity contribution in [3.8, 4) is 11.8 Å². The van der Waals surface area contributed by atoms with Crippen molar-refractivity contribution in [3.05, 3.63) is 57.9 Å². The van der Waals surface area contributed by atoms with Gasteiger partial charge in [0.05, 0.1) is 16.9 Å². The summed E-state index contributed by atoms with van der Waals surface area (Å²) in [4.78, 5) is 6.14. The van der Waals surface area contributed by atoms with Crippen molar-refractivity contribution in [1.82, 2.24) is 9.55 Å². The van der Waals surface area contributed by atoms with Crippen molar-refractivity contribution in [2.24, 2.45) is 5.41 Å². The standard InChI is InChI=1S/C24H18ClF4N5/c25-18-12-15(26)11-17-20(18)34(13-30)22(31)32-21(17)33-10-2-4-16-14(3-1-5-19(16)33)6-7-23(8-9-23)24(27,28)29/h1,3,5,11-13,30-31H,2,4,8-10H2. The summed E-state index contributed by atoms with van der Waals surface area (Å²) in [7, 11) is 0. The minimum absolute atomic E-state index is 0.0101. The Balaban J connectivity index is 1.68. The molecule has 2 aliphatic rings. The molecule has 2 heterocycles. The highest BCUT2D eigenvalue weighted by molar-refractivity contribution is 6.35. The predicted octanol–water partition coefficient (Wildman–Crippen LogP) is 5.54. The van der Waals surface area contributed by atoms with E-state index in [1.807, 2.05) is 11.0 Å². The third-order valence-corrected chi connectivity index (χ3v) is 6.60. The normalized spacial score (nSPS) is 16.6. The van der Waals surface area contributed by atoms with Gasteiger partial charge in [-0.1, -0.05) is 29.5 Å². The van der Waals surface area contributed by atoms with E-state index in [9.17, 15) is 17.6 Å². The molecule has 2 aromatic carbocycles. The molecule has 1 aliphatic heterocycles. The zero-order valence-corrected chi connectivity index (χ0v) is 18.5. The molecule has 0 spiro atoms. The zero-order chi connectivity index (χ0) is 24.3. The van der Waals surface area contributed by atoms with Crippen LogP contribution in [0, 0.1) is 33.9 Å². The van der Waals surface area contributed by atoms with Gasteiger partial charge in [0.1, 0.15) is 17.1 Å². The first-order valence-corrected chi connectivity index (χ1v) is 11.0. The van der Waals surface area contributed by atoms with Crippen LogP contribution in [0.2, 0.25) is 5.02 Å². The molecule has 1 saturated carbocycles. The van der Waals surface area contributed by atoms with E-state index in [0.29, 0.717) is 41.8 Å². The third kappa shape index (κ3) is 3.53. The summed E-state index contributed by atoms with van der Waals surface area (Å²) < 4.78 is 55.5. The van der Waals surface area contributed by atoms with E-state index < -0.39 is 17.4 Å². The first kappa shape index (κ1) is 22.4. The van der Waals surface area contributed by atoms with Crippen LogP contribution in [0.1, 0.15) is 30.4 Å². The highest BCUT2D eigenvalue weighted by Gasteiger charge is 2.62. The van der Waals surface area contributed by atoms with Crippen molar-refractivity contribution < 1.29 is 17.6 Å². The fraction of sp³-hybridized carbons (Fsp3) is 0.292. The second kappa shape index (κ2) is 7.84. The molecule has 1 aliphatic carbocycles. The minimum Gasteiger partial charge on any atom is -0.325 e. The Kier molecular flexibility index (Phi) is 5.17. The molecular formula is C24H18ClF4N5. The molecule has 174 valence electrons. The van der Waals surface area contributed by atoms with Crippen LogP contribution in [0.5, 0.6) is 0 Å². The molecule has 0 radical (unpaired) electrons. The predicted molar refractivity (Wildman–Crippen MR) is 121 cm³/mol. The van der Waals surface area contributed by atoms with Crippen LogP contribution >= 0.6 is 11.6 Å². The second-order valence-corrected chi connectivity index (χ2v) is 8.84. The van der Waals surface area contributed by atoms with Gasteiger partial charge in [-0.05, 0) is 55.5 Å². The summed E-state index contributed by atoms with van der Waals surface area (Å²) in [5.41, 5.74) is 0.0913. The van der Waals surface area contributed by atoms with Gasteiger partial charge in [0.25, 0.3) is 0 Å². The number of anilines is 2. The molecule has 2 N–H and O–H groups in total. The molecule has 0 unspecified atom stereocenters. The van der Waals surface area contributed by atoms with Gasteiger partial charge < -0.3 is 4.90 Å². The number of halogens is 5. The first-order valence-electron chi connectivity index (χ1n) is 10.6. The van der Waals surface area contributed by atoms with Crippen LogP contribution in [0.25, 0.3) is 10.9 Å². The molecule has 0 saturated heterocycles. The Morgan fingerprint density at radius 1 is 1.21 bits per heavy atom. The highest BCUT2D eigenvalue weighted by Crippen LogP contribution is 2.57. The van der Waals surface area contributed by atoms with Crippen LogP contribution < -0.4 is 10.5 Å². The molecule has 3 aromatic rings. The molecular weight excluding hydrogens is 470 g/mol. The molecule has 5 nitrogen and oxygen atoms in total. The number of rotatable bonds is 2. The van der Waals surface area contributed by atoms with E-state index in [1.165, 1.54) is 6.07 Å². The maximum Gasteiger partial charge on any atom is 0.405 e. The quantitative estimate of drug-likeness (QED) is 0.216. The van der Waals surface area contributed by atoms with E-state index in [0.717, 1.165) is 22.5 Å². The summed E-state index contributed by atoms with van der Waals surface area (Å²) in [5, 5.41) is 16.3. The molecule has 34 heavy (non-hydrogen) atoms. The molecule has 5 rings (SSSR count). The lowest BCUT2D eigenvalue weighted by Gasteiger charge is -2.32. The Morgan fingerprint density at radius 2 is 1.97 bits per heavy atom. The van der Waals surface area contributed by atoms with Gasteiger partial charge in [-0.25, -0.2) is 4.39 Å². The van der Waals surface area contributed by atoms with Gasteiger partial charge >= 0.3 is 6.18 Å². The summed E-state index contributed by atoms with van der Waals surface area (Å²) in [6.45, 7) is 0.501. The summed E-state index contributed by atoms with van der Waals surface area (Å²) in [6.07, 6.45) is -2.17. The lowest BCUT2D eigenvalue weighted by molar-refractivity contribution is -0.168. The van der Waals surface area contributed by atoms with Gasteiger partial charge in [0, 0.05) is 23.2 Å². The third-order valence-electron chi connectivity index (χ3n) is 6.31. The van der Waals surface area contributed by atoms with Gasteiger partial charge in [0.15, 0.2) is 0 Å². The molecule has 1 aromatic heterocycles. The summed E-state index contributed by atoms with van der Waals surface area (Å²) >= 11 is 6.28. The molecule has 0 amide bonds. The van der Waals surface area contributed by atoms with Crippen LogP contribution in [0.3, 0.4) is 0 Å². The molecule has 0 bridgehead atoms. The fourth-order valence-corrected chi connectivity index (χ4v) is 4.68. The van der Waals surface area contributed by atoms with Gasteiger partial charge in [0.2, 0.25) is 5.62 Å². The van der Waals surface area contributed by atoms with E-state index in [-0.39, 0.29) is 29.0 Å². The maximum atomic E-state index is 14.3. The van der Waals surface area contributed by atoms with Crippen LogP contribution in [0.4, 0.5) is 29.1 Å². The minimum atomic E-state index is -4.36. The maximum absolute atomic E-state index is 14.3. The zero-order valence-electron chi connectivity index (χ0n) is 17.7. The number of benzene rings is 2.